The first-order valence-electron chi connectivity index (χ1n) is 16.4. The summed E-state index contributed by atoms with van der Waals surface area (Å²) >= 11 is 0. The van der Waals surface area contributed by atoms with Crippen molar-refractivity contribution in [2.75, 3.05) is 20.6 Å². The highest BCUT2D eigenvalue weighted by atomic mass is 19.4. The molecule has 0 bridgehead atoms. The van der Waals surface area contributed by atoms with Crippen LogP contribution >= 0.6 is 0 Å². The Kier molecular flexibility index (Phi) is 22.3. The second kappa shape index (κ2) is 23.2. The van der Waals surface area contributed by atoms with Crippen molar-refractivity contribution in [3.8, 4) is 0 Å². The van der Waals surface area contributed by atoms with Gasteiger partial charge in [-0.15, -0.1) is 0 Å². The molecule has 0 aliphatic heterocycles. The first kappa shape index (κ1) is 46.0. The molecule has 9 heteroatoms. The minimum absolute atomic E-state index is 0.0384. The van der Waals surface area contributed by atoms with Gasteiger partial charge in [-0.2, -0.15) is 18.3 Å². The third kappa shape index (κ3) is 16.6. The van der Waals surface area contributed by atoms with E-state index in [0.29, 0.717) is 6.54 Å². The van der Waals surface area contributed by atoms with Crippen molar-refractivity contribution in [3.05, 3.63) is 107 Å². The molecule has 268 valence electrons. The van der Waals surface area contributed by atoms with E-state index in [9.17, 15) is 22.8 Å². The Bertz CT molecular complexity index is 1380. The number of nitrogens with one attached hydrogen (secondary N) is 1. The maximum atomic E-state index is 12.3. The van der Waals surface area contributed by atoms with Crippen molar-refractivity contribution in [2.24, 2.45) is 5.92 Å². The zero-order chi connectivity index (χ0) is 37.8. The Labute approximate surface area is 288 Å². The van der Waals surface area contributed by atoms with Gasteiger partial charge in [-0.1, -0.05) is 108 Å². The van der Waals surface area contributed by atoms with Crippen molar-refractivity contribution in [2.45, 2.75) is 94.8 Å². The summed E-state index contributed by atoms with van der Waals surface area (Å²) in [5.41, 5.74) is 8.68. The fraction of sp³-hybridized carbons (Fsp3) is 0.462. The average molecular weight is 673 g/mol. The summed E-state index contributed by atoms with van der Waals surface area (Å²) < 4.78 is 32.7. The minimum Gasteiger partial charge on any atom is -0.348 e. The number of alkyl halides is 3. The van der Waals surface area contributed by atoms with E-state index >= 15 is 0 Å². The van der Waals surface area contributed by atoms with Gasteiger partial charge in [0.15, 0.2) is 0 Å². The maximum absolute atomic E-state index is 12.3. The predicted octanol–water partition coefficient (Wildman–Crippen LogP) is 9.87. The summed E-state index contributed by atoms with van der Waals surface area (Å²) in [7, 11) is 3.46. The van der Waals surface area contributed by atoms with Gasteiger partial charge >= 0.3 is 6.18 Å². The Hall–Kier alpha value is -4.14. The van der Waals surface area contributed by atoms with Crippen LogP contribution in [0.3, 0.4) is 0 Å². The lowest BCUT2D eigenvalue weighted by atomic mass is 9.78. The molecule has 2 rings (SSSR count). The summed E-state index contributed by atoms with van der Waals surface area (Å²) in [5.74, 6) is 0.178. The molecule has 1 aromatic carbocycles. The van der Waals surface area contributed by atoms with Crippen LogP contribution in [-0.2, 0) is 16.1 Å². The van der Waals surface area contributed by atoms with E-state index in [0.717, 1.165) is 27.9 Å². The molecule has 0 saturated heterocycles. The highest BCUT2D eigenvalue weighted by molar-refractivity contribution is 5.89. The van der Waals surface area contributed by atoms with Crippen LogP contribution in [0.25, 0.3) is 5.57 Å². The molecule has 2 unspecified atom stereocenters. The van der Waals surface area contributed by atoms with E-state index in [1.165, 1.54) is 22.8 Å². The number of benzene rings is 1. The highest BCUT2D eigenvalue weighted by Crippen LogP contribution is 2.39. The molecular weight excluding hydrogens is 613 g/mol. The lowest BCUT2D eigenvalue weighted by Gasteiger charge is -2.27. The van der Waals surface area contributed by atoms with Gasteiger partial charge in [0.2, 0.25) is 11.8 Å². The van der Waals surface area contributed by atoms with E-state index in [1.54, 1.807) is 35.9 Å². The van der Waals surface area contributed by atoms with Crippen molar-refractivity contribution in [1.82, 2.24) is 20.0 Å². The summed E-state index contributed by atoms with van der Waals surface area (Å²) in [5, 5.41) is 7.46. The molecular formula is C39H59F3N4O2. The number of amides is 2. The molecule has 0 aliphatic rings. The van der Waals surface area contributed by atoms with Crippen LogP contribution in [0.2, 0.25) is 0 Å². The van der Waals surface area contributed by atoms with Crippen molar-refractivity contribution in [3.63, 3.8) is 0 Å². The standard InChI is InChI=1S/C33H44N4O2.C2H3F3.2C2H6/c1-11-13-29(28-18-35-37(20-28)21-32(39)36(9)10)33(30(22(3)4)19-34-31(38)12-2)26(8)24(6)25(7)27-16-14-23(5)15-17-27;1-2(3,4)5;2*1-2/h11-18,20,24-25H,1-2,19,21H2,3-10H3,(H,34,38);1H3;2*1-2H3/b29-13-,33-26-;;;. The first-order chi connectivity index (χ1) is 22.4. The van der Waals surface area contributed by atoms with E-state index < -0.39 is 6.18 Å². The molecule has 0 aliphatic carbocycles. The smallest absolute Gasteiger partial charge is 0.348 e. The molecule has 1 N–H and O–H groups in total. The molecule has 2 atom stereocenters. The molecule has 0 fully saturated rings. The van der Waals surface area contributed by atoms with Gasteiger partial charge in [0, 0.05) is 39.3 Å². The second-order valence-corrected chi connectivity index (χ2v) is 11.3. The molecule has 0 saturated carbocycles. The van der Waals surface area contributed by atoms with Gasteiger partial charge in [0.1, 0.15) is 6.54 Å². The predicted molar refractivity (Wildman–Crippen MR) is 197 cm³/mol. The van der Waals surface area contributed by atoms with Crippen LogP contribution in [0.5, 0.6) is 0 Å². The summed E-state index contributed by atoms with van der Waals surface area (Å²) in [6.45, 7) is 29.2. The molecule has 1 aromatic heterocycles. The number of nitrogens with zero attached hydrogens (tertiary/aromatic N) is 3. The topological polar surface area (TPSA) is 67.2 Å². The SMILES string of the molecule is C=C/C=C(\C(C(CNC(=O)C=C)=C(C)C)=C(/C)C(C)C(C)c1ccc(C)cc1)c1cnn(CC(=O)N(C)C)c1.CC.CC.CC(F)(F)F. The van der Waals surface area contributed by atoms with Gasteiger partial charge in [0.25, 0.3) is 0 Å². The van der Waals surface area contributed by atoms with Crippen LogP contribution in [-0.4, -0.2) is 53.3 Å². The average Bonchev–Trinajstić information content (AvgIpc) is 3.50. The van der Waals surface area contributed by atoms with Crippen LogP contribution < -0.4 is 5.32 Å². The van der Waals surface area contributed by atoms with E-state index in [4.69, 9.17) is 0 Å². The third-order valence-corrected chi connectivity index (χ3v) is 7.25. The fourth-order valence-electron chi connectivity index (χ4n) is 4.45. The second-order valence-electron chi connectivity index (χ2n) is 11.3. The number of aromatic nitrogens is 2. The zero-order valence-corrected chi connectivity index (χ0v) is 31.5. The molecule has 6 nitrogen and oxygen atoms in total. The zero-order valence-electron chi connectivity index (χ0n) is 31.5. The number of hydrogen-bond acceptors (Lipinski definition) is 3. The number of likely N-dealkylation sites (N-methyl/N-ethyl adjacent to an activating group) is 1. The van der Waals surface area contributed by atoms with Crippen molar-refractivity contribution < 1.29 is 22.8 Å². The van der Waals surface area contributed by atoms with Gasteiger partial charge in [-0.25, -0.2) is 0 Å². The number of hydrogen-bond donors (Lipinski definition) is 1. The van der Waals surface area contributed by atoms with Gasteiger partial charge in [0.05, 0.1) is 6.20 Å². The van der Waals surface area contributed by atoms with Gasteiger partial charge in [-0.3, -0.25) is 14.3 Å². The molecule has 48 heavy (non-hydrogen) atoms. The Morgan fingerprint density at radius 2 is 1.54 bits per heavy atom. The third-order valence-electron chi connectivity index (χ3n) is 7.25. The lowest BCUT2D eigenvalue weighted by molar-refractivity contribution is -0.129. The molecule has 2 amide bonds. The van der Waals surface area contributed by atoms with E-state index in [-0.39, 0.29) is 37.1 Å². The number of allylic oxidation sites excluding steroid dienone is 5. The minimum atomic E-state index is -4.00. The summed E-state index contributed by atoms with van der Waals surface area (Å²) in [4.78, 5) is 26.0. The van der Waals surface area contributed by atoms with E-state index in [2.05, 4.69) is 89.4 Å². The number of carbonyl (C=O) groups is 2. The lowest BCUT2D eigenvalue weighted by Crippen LogP contribution is -2.26. The van der Waals surface area contributed by atoms with Crippen LogP contribution in [0, 0.1) is 12.8 Å². The number of aryl methyl sites for hydroxylation is 1. The largest absolute Gasteiger partial charge is 0.386 e. The fourth-order valence-corrected chi connectivity index (χ4v) is 4.45. The molecule has 1 heterocycles. The highest BCUT2D eigenvalue weighted by Gasteiger charge is 2.25. The van der Waals surface area contributed by atoms with Crippen LogP contribution in [0.4, 0.5) is 13.2 Å². The van der Waals surface area contributed by atoms with E-state index in [1.807, 2.05) is 40.0 Å². The van der Waals surface area contributed by atoms with Crippen LogP contribution in [0.1, 0.15) is 91.8 Å². The normalized spacial score (nSPS) is 12.5. The molecule has 0 radical (unpaired) electrons. The first-order valence-corrected chi connectivity index (χ1v) is 16.4. The molecule has 2 aromatic rings. The Balaban J connectivity index is 0. The van der Waals surface area contributed by atoms with Gasteiger partial charge in [-0.05, 0) is 67.9 Å². The number of rotatable bonds is 12. The number of carbonyl (C=O) groups excluding carboxylic acids is 2. The summed E-state index contributed by atoms with van der Waals surface area (Å²) in [6, 6.07) is 8.69. The summed E-state index contributed by atoms with van der Waals surface area (Å²) in [6.07, 6.45) is 4.71. The van der Waals surface area contributed by atoms with Crippen molar-refractivity contribution >= 4 is 17.4 Å². The van der Waals surface area contributed by atoms with Gasteiger partial charge < -0.3 is 10.2 Å². The maximum Gasteiger partial charge on any atom is 0.386 e. The Morgan fingerprint density at radius 3 is 1.98 bits per heavy atom. The van der Waals surface area contributed by atoms with Crippen molar-refractivity contribution in [1.29, 1.82) is 0 Å². The molecule has 0 spiro atoms. The Morgan fingerprint density at radius 1 is 1.02 bits per heavy atom. The van der Waals surface area contributed by atoms with Crippen LogP contribution in [0.15, 0.2) is 90.3 Å². The quantitative estimate of drug-likeness (QED) is 0.180. The number of halogens is 3. The monoisotopic (exact) mass is 672 g/mol.